The second-order valence-corrected chi connectivity index (χ2v) is 6.04. The number of para-hydroxylation sites is 1. The Kier molecular flexibility index (Phi) is 5.14. The van der Waals surface area contributed by atoms with Gasteiger partial charge in [-0.15, -0.1) is 0 Å². The van der Waals surface area contributed by atoms with E-state index in [1.54, 1.807) is 6.33 Å². The van der Waals surface area contributed by atoms with Gasteiger partial charge in [0.2, 0.25) is 0 Å². The molecule has 1 heterocycles. The molecule has 0 aliphatic carbocycles. The Labute approximate surface area is 148 Å². The van der Waals surface area contributed by atoms with Crippen molar-refractivity contribution in [2.24, 2.45) is 0 Å². The summed E-state index contributed by atoms with van der Waals surface area (Å²) in [6.45, 7) is 6.08. The van der Waals surface area contributed by atoms with Gasteiger partial charge in [-0.25, -0.2) is 9.97 Å². The molecular formula is C20H22N4O. The van der Waals surface area contributed by atoms with E-state index < -0.39 is 0 Å². The van der Waals surface area contributed by atoms with Crippen molar-refractivity contribution < 1.29 is 4.74 Å². The minimum absolute atomic E-state index is 0.163. The summed E-state index contributed by atoms with van der Waals surface area (Å²) < 4.78 is 5.65. The molecule has 0 fully saturated rings. The fraction of sp³-hybridized carbons (Fsp3) is 0.200. The van der Waals surface area contributed by atoms with E-state index in [1.165, 1.54) is 0 Å². The normalized spacial score (nSPS) is 10.6. The van der Waals surface area contributed by atoms with E-state index in [4.69, 9.17) is 4.74 Å². The molecule has 0 saturated carbocycles. The quantitative estimate of drug-likeness (QED) is 0.660. The van der Waals surface area contributed by atoms with Crippen LogP contribution in [0.15, 0.2) is 60.9 Å². The van der Waals surface area contributed by atoms with Crippen LogP contribution in [-0.2, 0) is 0 Å². The molecule has 0 bridgehead atoms. The first-order chi connectivity index (χ1) is 12.1. The molecule has 0 saturated heterocycles. The maximum absolute atomic E-state index is 5.65. The van der Waals surface area contributed by atoms with Crippen LogP contribution < -0.4 is 15.4 Å². The number of nitrogens with zero attached hydrogens (tertiary/aromatic N) is 2. The van der Waals surface area contributed by atoms with Gasteiger partial charge >= 0.3 is 0 Å². The number of rotatable bonds is 6. The first-order valence-electron chi connectivity index (χ1n) is 8.28. The Balaban J connectivity index is 1.70. The number of aryl methyl sites for hydroxylation is 1. The molecule has 25 heavy (non-hydrogen) atoms. The first kappa shape index (κ1) is 16.8. The van der Waals surface area contributed by atoms with Gasteiger partial charge in [0.05, 0.1) is 6.10 Å². The van der Waals surface area contributed by atoms with Gasteiger partial charge in [-0.2, -0.15) is 0 Å². The third-order valence-corrected chi connectivity index (χ3v) is 3.57. The summed E-state index contributed by atoms with van der Waals surface area (Å²) in [5.41, 5.74) is 3.13. The van der Waals surface area contributed by atoms with Crippen LogP contribution in [0.25, 0.3) is 0 Å². The highest BCUT2D eigenvalue weighted by atomic mass is 16.5. The molecule has 3 rings (SSSR count). The van der Waals surface area contributed by atoms with Crippen LogP contribution >= 0.6 is 0 Å². The van der Waals surface area contributed by atoms with E-state index >= 15 is 0 Å². The molecule has 0 aliphatic rings. The van der Waals surface area contributed by atoms with Crippen molar-refractivity contribution in [3.63, 3.8) is 0 Å². The summed E-state index contributed by atoms with van der Waals surface area (Å²) in [7, 11) is 0. The molecule has 2 N–H and O–H groups in total. The predicted octanol–water partition coefficient (Wildman–Crippen LogP) is 5.06. The topological polar surface area (TPSA) is 59.1 Å². The van der Waals surface area contributed by atoms with Crippen LogP contribution in [0.2, 0.25) is 0 Å². The van der Waals surface area contributed by atoms with Gasteiger partial charge < -0.3 is 15.4 Å². The van der Waals surface area contributed by atoms with E-state index in [0.717, 1.165) is 34.3 Å². The fourth-order valence-corrected chi connectivity index (χ4v) is 2.38. The maximum atomic E-state index is 5.65. The highest BCUT2D eigenvalue weighted by Crippen LogP contribution is 2.23. The molecule has 1 aromatic heterocycles. The summed E-state index contributed by atoms with van der Waals surface area (Å²) in [5, 5.41) is 6.60. The zero-order valence-electron chi connectivity index (χ0n) is 14.7. The number of nitrogens with one attached hydrogen (secondary N) is 2. The number of aromatic nitrogens is 2. The van der Waals surface area contributed by atoms with Crippen molar-refractivity contribution in [3.05, 3.63) is 66.5 Å². The minimum Gasteiger partial charge on any atom is -0.491 e. The number of anilines is 4. The van der Waals surface area contributed by atoms with Crippen molar-refractivity contribution in [3.8, 4) is 5.75 Å². The number of hydrogen-bond donors (Lipinski definition) is 2. The molecule has 128 valence electrons. The highest BCUT2D eigenvalue weighted by Gasteiger charge is 2.03. The first-order valence-corrected chi connectivity index (χ1v) is 8.28. The summed E-state index contributed by atoms with van der Waals surface area (Å²) in [6.07, 6.45) is 1.70. The summed E-state index contributed by atoms with van der Waals surface area (Å²) in [4.78, 5) is 8.56. The van der Waals surface area contributed by atoms with Gasteiger partial charge in [-0.3, -0.25) is 0 Å². The molecular weight excluding hydrogens is 312 g/mol. The van der Waals surface area contributed by atoms with E-state index in [-0.39, 0.29) is 6.10 Å². The third-order valence-electron chi connectivity index (χ3n) is 3.57. The van der Waals surface area contributed by atoms with Crippen LogP contribution in [0.1, 0.15) is 19.4 Å². The van der Waals surface area contributed by atoms with Gasteiger partial charge in [0.1, 0.15) is 23.7 Å². The van der Waals surface area contributed by atoms with Crippen LogP contribution in [0.4, 0.5) is 23.0 Å². The lowest BCUT2D eigenvalue weighted by atomic mass is 10.2. The van der Waals surface area contributed by atoms with Crippen LogP contribution in [0.3, 0.4) is 0 Å². The number of benzene rings is 2. The van der Waals surface area contributed by atoms with E-state index in [1.807, 2.05) is 62.4 Å². The Morgan fingerprint density at radius 1 is 0.880 bits per heavy atom. The highest BCUT2D eigenvalue weighted by molar-refractivity contribution is 5.64. The number of ether oxygens (including phenoxy) is 1. The molecule has 2 aromatic carbocycles. The molecule has 3 aromatic rings. The molecule has 0 amide bonds. The van der Waals surface area contributed by atoms with Crippen molar-refractivity contribution in [1.29, 1.82) is 0 Å². The molecule has 0 atom stereocenters. The molecule has 0 radical (unpaired) electrons. The van der Waals surface area contributed by atoms with Gasteiger partial charge in [-0.05, 0) is 56.7 Å². The SMILES string of the molecule is Cc1ccccc1Nc1cc(Nc2ccc(OC(C)C)cc2)ncn1. The van der Waals surface area contributed by atoms with E-state index in [9.17, 15) is 0 Å². The second kappa shape index (κ2) is 7.66. The van der Waals surface area contributed by atoms with Gasteiger partial charge in [0.25, 0.3) is 0 Å². The largest absolute Gasteiger partial charge is 0.491 e. The van der Waals surface area contributed by atoms with Gasteiger partial charge in [0.15, 0.2) is 0 Å². The standard InChI is InChI=1S/C20H22N4O/c1-14(2)25-17-10-8-16(9-11-17)23-19-12-20(22-13-21-19)24-18-7-5-4-6-15(18)3/h4-14H,1-3H3,(H2,21,22,23,24). The number of hydrogen-bond acceptors (Lipinski definition) is 5. The molecule has 5 nitrogen and oxygen atoms in total. The van der Waals surface area contributed by atoms with Crippen LogP contribution in [-0.4, -0.2) is 16.1 Å². The average Bonchev–Trinajstić information content (AvgIpc) is 2.59. The summed E-state index contributed by atoms with van der Waals surface area (Å²) in [5.74, 6) is 2.32. The van der Waals surface area contributed by atoms with Crippen LogP contribution in [0.5, 0.6) is 5.75 Å². The second-order valence-electron chi connectivity index (χ2n) is 6.04. The molecule has 0 spiro atoms. The Hall–Kier alpha value is -3.08. The molecule has 0 unspecified atom stereocenters. The maximum Gasteiger partial charge on any atom is 0.135 e. The lowest BCUT2D eigenvalue weighted by molar-refractivity contribution is 0.242. The zero-order valence-corrected chi connectivity index (χ0v) is 14.7. The Morgan fingerprint density at radius 3 is 2.24 bits per heavy atom. The molecule has 5 heteroatoms. The molecule has 0 aliphatic heterocycles. The van der Waals surface area contributed by atoms with Gasteiger partial charge in [-0.1, -0.05) is 18.2 Å². The van der Waals surface area contributed by atoms with E-state index in [0.29, 0.717) is 0 Å². The van der Waals surface area contributed by atoms with E-state index in [2.05, 4.69) is 33.6 Å². The minimum atomic E-state index is 0.163. The lowest BCUT2D eigenvalue weighted by Crippen LogP contribution is -2.05. The average molecular weight is 334 g/mol. The Bertz CT molecular complexity index is 831. The zero-order chi connectivity index (χ0) is 17.6. The lowest BCUT2D eigenvalue weighted by Gasteiger charge is -2.12. The summed E-state index contributed by atoms with van der Waals surface area (Å²) in [6, 6.07) is 17.8. The monoisotopic (exact) mass is 334 g/mol. The van der Waals surface area contributed by atoms with Crippen molar-refractivity contribution in [2.45, 2.75) is 26.9 Å². The van der Waals surface area contributed by atoms with Crippen molar-refractivity contribution in [2.75, 3.05) is 10.6 Å². The third kappa shape index (κ3) is 4.70. The van der Waals surface area contributed by atoms with Crippen LogP contribution in [0, 0.1) is 6.92 Å². The van der Waals surface area contributed by atoms with Crippen molar-refractivity contribution in [1.82, 2.24) is 9.97 Å². The van der Waals surface area contributed by atoms with Gasteiger partial charge in [0, 0.05) is 17.4 Å². The fourth-order valence-electron chi connectivity index (χ4n) is 2.38. The smallest absolute Gasteiger partial charge is 0.135 e. The predicted molar refractivity (Wildman–Crippen MR) is 102 cm³/mol. The Morgan fingerprint density at radius 2 is 1.56 bits per heavy atom. The summed E-state index contributed by atoms with van der Waals surface area (Å²) >= 11 is 0. The van der Waals surface area contributed by atoms with Crippen molar-refractivity contribution >= 4 is 23.0 Å².